The molecule has 0 atom stereocenters. The van der Waals surface area contributed by atoms with Crippen molar-refractivity contribution in [3.63, 3.8) is 0 Å². The highest BCUT2D eigenvalue weighted by Crippen LogP contribution is 2.24. The Morgan fingerprint density at radius 3 is 2.83 bits per heavy atom. The molecule has 3 nitrogen and oxygen atoms in total. The van der Waals surface area contributed by atoms with Crippen molar-refractivity contribution in [2.45, 2.75) is 19.9 Å². The van der Waals surface area contributed by atoms with Gasteiger partial charge in [0.05, 0.1) is 0 Å². The Morgan fingerprint density at radius 1 is 1.22 bits per heavy atom. The number of rotatable bonds is 5. The van der Waals surface area contributed by atoms with Gasteiger partial charge in [0.2, 0.25) is 5.88 Å². The van der Waals surface area contributed by atoms with Gasteiger partial charge >= 0.3 is 0 Å². The maximum Gasteiger partial charge on any atom is 0.219 e. The van der Waals surface area contributed by atoms with Crippen LogP contribution in [0.1, 0.15) is 18.1 Å². The van der Waals surface area contributed by atoms with Crippen LogP contribution in [0.5, 0.6) is 11.6 Å². The van der Waals surface area contributed by atoms with Gasteiger partial charge in [-0.25, -0.2) is 4.98 Å². The third-order valence-electron chi connectivity index (χ3n) is 2.75. The first-order valence-electron chi connectivity index (χ1n) is 6.18. The van der Waals surface area contributed by atoms with E-state index in [4.69, 9.17) is 4.74 Å². The quantitative estimate of drug-likeness (QED) is 0.874. The van der Waals surface area contributed by atoms with Gasteiger partial charge in [0, 0.05) is 18.8 Å². The summed E-state index contributed by atoms with van der Waals surface area (Å²) in [6, 6.07) is 12.0. The molecule has 3 heteroatoms. The molecule has 0 saturated carbocycles. The highest BCUT2D eigenvalue weighted by atomic mass is 16.5. The number of pyridine rings is 1. The SMILES string of the molecule is CCc1ccccc1Oc1cc(CNC)ccn1. The van der Waals surface area contributed by atoms with Gasteiger partial charge in [0.25, 0.3) is 0 Å². The topological polar surface area (TPSA) is 34.1 Å². The maximum atomic E-state index is 5.85. The number of nitrogens with zero attached hydrogens (tertiary/aromatic N) is 1. The number of benzene rings is 1. The second-order valence-electron chi connectivity index (χ2n) is 4.10. The smallest absolute Gasteiger partial charge is 0.219 e. The molecule has 2 aromatic rings. The summed E-state index contributed by atoms with van der Waals surface area (Å²) in [4.78, 5) is 4.24. The summed E-state index contributed by atoms with van der Waals surface area (Å²) in [6.45, 7) is 2.93. The fraction of sp³-hybridized carbons (Fsp3) is 0.267. The van der Waals surface area contributed by atoms with Gasteiger partial charge < -0.3 is 10.1 Å². The Morgan fingerprint density at radius 2 is 2.06 bits per heavy atom. The normalized spacial score (nSPS) is 10.3. The van der Waals surface area contributed by atoms with Crippen molar-refractivity contribution in [1.29, 1.82) is 0 Å². The van der Waals surface area contributed by atoms with E-state index in [0.29, 0.717) is 5.88 Å². The molecule has 0 fully saturated rings. The lowest BCUT2D eigenvalue weighted by atomic mass is 10.1. The minimum atomic E-state index is 0.642. The molecule has 0 aliphatic heterocycles. The van der Waals surface area contributed by atoms with Crippen molar-refractivity contribution in [3.8, 4) is 11.6 Å². The zero-order valence-corrected chi connectivity index (χ0v) is 10.8. The summed E-state index contributed by atoms with van der Waals surface area (Å²) in [5, 5.41) is 3.11. The van der Waals surface area contributed by atoms with Gasteiger partial charge in [-0.2, -0.15) is 0 Å². The second-order valence-corrected chi connectivity index (χ2v) is 4.10. The van der Waals surface area contributed by atoms with Gasteiger partial charge in [0.1, 0.15) is 5.75 Å². The molecule has 94 valence electrons. The number of aromatic nitrogens is 1. The molecule has 1 N–H and O–H groups in total. The molecule has 0 saturated heterocycles. The van der Waals surface area contributed by atoms with E-state index < -0.39 is 0 Å². The van der Waals surface area contributed by atoms with Gasteiger partial charge in [-0.3, -0.25) is 0 Å². The van der Waals surface area contributed by atoms with Gasteiger partial charge in [0.15, 0.2) is 0 Å². The number of ether oxygens (including phenoxy) is 1. The van der Waals surface area contributed by atoms with E-state index in [1.54, 1.807) is 6.20 Å². The number of para-hydroxylation sites is 1. The number of nitrogens with one attached hydrogen (secondary N) is 1. The van der Waals surface area contributed by atoms with Crippen LogP contribution < -0.4 is 10.1 Å². The average molecular weight is 242 g/mol. The first-order chi connectivity index (χ1) is 8.83. The molecule has 0 spiro atoms. The molecular formula is C15H18N2O. The molecule has 1 heterocycles. The van der Waals surface area contributed by atoms with Crippen LogP contribution in [0.3, 0.4) is 0 Å². The van der Waals surface area contributed by atoms with Crippen LogP contribution in [0.2, 0.25) is 0 Å². The largest absolute Gasteiger partial charge is 0.439 e. The zero-order chi connectivity index (χ0) is 12.8. The fourth-order valence-corrected chi connectivity index (χ4v) is 1.83. The predicted octanol–water partition coefficient (Wildman–Crippen LogP) is 3.16. The summed E-state index contributed by atoms with van der Waals surface area (Å²) in [5.74, 6) is 1.53. The van der Waals surface area contributed by atoms with Crippen LogP contribution in [0.4, 0.5) is 0 Å². The molecule has 1 aromatic heterocycles. The molecule has 2 rings (SSSR count). The molecule has 0 aliphatic carbocycles. The number of aryl methyl sites for hydroxylation is 1. The van der Waals surface area contributed by atoms with Crippen molar-refractivity contribution in [2.24, 2.45) is 0 Å². The van der Waals surface area contributed by atoms with Crippen LogP contribution in [0.25, 0.3) is 0 Å². The molecular weight excluding hydrogens is 224 g/mol. The minimum Gasteiger partial charge on any atom is -0.439 e. The lowest BCUT2D eigenvalue weighted by molar-refractivity contribution is 0.456. The zero-order valence-electron chi connectivity index (χ0n) is 10.8. The Balaban J connectivity index is 2.20. The fourth-order valence-electron chi connectivity index (χ4n) is 1.83. The molecule has 0 aliphatic rings. The Bertz CT molecular complexity index is 511. The van der Waals surface area contributed by atoms with Crippen LogP contribution in [0.15, 0.2) is 42.6 Å². The maximum absolute atomic E-state index is 5.85. The lowest BCUT2D eigenvalue weighted by Crippen LogP contribution is -2.05. The minimum absolute atomic E-state index is 0.642. The first-order valence-corrected chi connectivity index (χ1v) is 6.18. The third-order valence-corrected chi connectivity index (χ3v) is 2.75. The third kappa shape index (κ3) is 3.08. The lowest BCUT2D eigenvalue weighted by Gasteiger charge is -2.09. The van der Waals surface area contributed by atoms with Crippen molar-refractivity contribution < 1.29 is 4.74 Å². The van der Waals surface area contributed by atoms with Crippen LogP contribution in [-0.2, 0) is 13.0 Å². The van der Waals surface area contributed by atoms with E-state index in [1.807, 2.05) is 37.4 Å². The molecule has 0 bridgehead atoms. The first kappa shape index (κ1) is 12.6. The van der Waals surface area contributed by atoms with E-state index >= 15 is 0 Å². The van der Waals surface area contributed by atoms with E-state index in [1.165, 1.54) is 5.56 Å². The number of hydrogen-bond donors (Lipinski definition) is 1. The highest BCUT2D eigenvalue weighted by molar-refractivity contribution is 5.36. The Kier molecular flexibility index (Phi) is 4.31. The molecule has 18 heavy (non-hydrogen) atoms. The van der Waals surface area contributed by atoms with Gasteiger partial charge in [-0.1, -0.05) is 25.1 Å². The van der Waals surface area contributed by atoms with Crippen molar-refractivity contribution in [2.75, 3.05) is 7.05 Å². The van der Waals surface area contributed by atoms with Crippen molar-refractivity contribution in [3.05, 3.63) is 53.7 Å². The Labute approximate surface area is 108 Å². The summed E-state index contributed by atoms with van der Waals surface area (Å²) in [5.41, 5.74) is 2.36. The van der Waals surface area contributed by atoms with Crippen LogP contribution in [0, 0.1) is 0 Å². The monoisotopic (exact) mass is 242 g/mol. The van der Waals surface area contributed by atoms with Crippen LogP contribution >= 0.6 is 0 Å². The number of hydrogen-bond acceptors (Lipinski definition) is 3. The predicted molar refractivity (Wildman–Crippen MR) is 72.9 cm³/mol. The highest BCUT2D eigenvalue weighted by Gasteiger charge is 2.04. The molecule has 0 unspecified atom stereocenters. The van der Waals surface area contributed by atoms with Gasteiger partial charge in [-0.05, 0) is 36.7 Å². The van der Waals surface area contributed by atoms with Crippen molar-refractivity contribution >= 4 is 0 Å². The van der Waals surface area contributed by atoms with E-state index in [2.05, 4.69) is 23.3 Å². The molecule has 1 aromatic carbocycles. The van der Waals surface area contributed by atoms with Gasteiger partial charge in [-0.15, -0.1) is 0 Å². The average Bonchev–Trinajstić information content (AvgIpc) is 2.40. The Hall–Kier alpha value is -1.87. The van der Waals surface area contributed by atoms with Crippen LogP contribution in [-0.4, -0.2) is 12.0 Å². The van der Waals surface area contributed by atoms with E-state index in [9.17, 15) is 0 Å². The summed E-state index contributed by atoms with van der Waals surface area (Å²) in [6.07, 6.45) is 2.73. The van der Waals surface area contributed by atoms with E-state index in [-0.39, 0.29) is 0 Å². The molecule has 0 radical (unpaired) electrons. The summed E-state index contributed by atoms with van der Waals surface area (Å²) >= 11 is 0. The summed E-state index contributed by atoms with van der Waals surface area (Å²) < 4.78 is 5.85. The molecule has 0 amide bonds. The summed E-state index contributed by atoms with van der Waals surface area (Å²) in [7, 11) is 1.92. The standard InChI is InChI=1S/C15H18N2O/c1-3-13-6-4-5-7-14(13)18-15-10-12(11-16-2)8-9-17-15/h4-10,16H,3,11H2,1-2H3. The second kappa shape index (κ2) is 6.17. The van der Waals surface area contributed by atoms with Crippen molar-refractivity contribution in [1.82, 2.24) is 10.3 Å². The van der Waals surface area contributed by atoms with E-state index in [0.717, 1.165) is 24.3 Å².